The molecular weight excluding hydrogens is 280 g/mol. The molecular formula is C16H30N4O2. The Morgan fingerprint density at radius 1 is 1.50 bits per heavy atom. The molecule has 22 heavy (non-hydrogen) atoms. The first-order chi connectivity index (χ1) is 10.3. The van der Waals surface area contributed by atoms with Crippen LogP contribution in [0.3, 0.4) is 0 Å². The smallest absolute Gasteiger partial charge is 0.315 e. The Morgan fingerprint density at radius 3 is 2.68 bits per heavy atom. The number of rotatable bonds is 8. The molecule has 6 nitrogen and oxygen atoms in total. The average Bonchev–Trinajstić information content (AvgIpc) is 2.75. The Labute approximate surface area is 133 Å². The van der Waals surface area contributed by atoms with Crippen molar-refractivity contribution < 1.29 is 9.90 Å². The number of aromatic nitrogens is 2. The van der Waals surface area contributed by atoms with E-state index in [1.54, 1.807) is 0 Å². The van der Waals surface area contributed by atoms with Crippen LogP contribution in [0.15, 0.2) is 6.07 Å². The van der Waals surface area contributed by atoms with E-state index in [-0.39, 0.29) is 24.1 Å². The molecule has 0 saturated carbocycles. The van der Waals surface area contributed by atoms with Gasteiger partial charge in [0.05, 0.1) is 5.69 Å². The maximum atomic E-state index is 12.0. The fourth-order valence-corrected chi connectivity index (χ4v) is 2.38. The van der Waals surface area contributed by atoms with E-state index in [4.69, 9.17) is 5.11 Å². The number of amides is 2. The molecule has 126 valence electrons. The monoisotopic (exact) mass is 310 g/mol. The summed E-state index contributed by atoms with van der Waals surface area (Å²) in [6.07, 6.45) is 1.33. The second-order valence-electron chi connectivity index (χ2n) is 6.44. The van der Waals surface area contributed by atoms with Crippen LogP contribution < -0.4 is 10.6 Å². The van der Waals surface area contributed by atoms with E-state index in [0.717, 1.165) is 24.4 Å². The number of hydrogen-bond acceptors (Lipinski definition) is 3. The topological polar surface area (TPSA) is 79.2 Å². The molecule has 1 heterocycles. The zero-order valence-corrected chi connectivity index (χ0v) is 14.4. The van der Waals surface area contributed by atoms with Gasteiger partial charge in [-0.2, -0.15) is 5.10 Å². The van der Waals surface area contributed by atoms with E-state index < -0.39 is 0 Å². The van der Waals surface area contributed by atoms with Crippen LogP contribution in [0.1, 0.15) is 45.0 Å². The number of nitrogens with zero attached hydrogens (tertiary/aromatic N) is 2. The normalized spacial score (nSPS) is 15.2. The second kappa shape index (κ2) is 8.17. The van der Waals surface area contributed by atoms with Crippen molar-refractivity contribution in [2.45, 2.75) is 59.5 Å². The van der Waals surface area contributed by atoms with Crippen molar-refractivity contribution in [3.63, 3.8) is 0 Å². The van der Waals surface area contributed by atoms with Gasteiger partial charge in [-0.25, -0.2) is 4.79 Å². The summed E-state index contributed by atoms with van der Waals surface area (Å²) >= 11 is 0. The third-order valence-corrected chi connectivity index (χ3v) is 4.06. The van der Waals surface area contributed by atoms with Gasteiger partial charge in [-0.1, -0.05) is 13.8 Å². The number of urea groups is 1. The number of carbonyl (C=O) groups is 1. The van der Waals surface area contributed by atoms with Crippen molar-refractivity contribution in [2.24, 2.45) is 5.92 Å². The van der Waals surface area contributed by atoms with Gasteiger partial charge in [0.2, 0.25) is 0 Å². The average molecular weight is 310 g/mol. The first-order valence-electron chi connectivity index (χ1n) is 7.97. The summed E-state index contributed by atoms with van der Waals surface area (Å²) in [7, 11) is 0. The molecule has 0 aromatic carbocycles. The number of aliphatic hydroxyl groups is 1. The molecule has 1 rings (SSSR count). The highest BCUT2D eigenvalue weighted by Gasteiger charge is 2.23. The van der Waals surface area contributed by atoms with Crippen molar-refractivity contribution in [2.75, 3.05) is 13.2 Å². The van der Waals surface area contributed by atoms with Gasteiger partial charge in [0, 0.05) is 30.9 Å². The van der Waals surface area contributed by atoms with Gasteiger partial charge in [-0.05, 0) is 45.6 Å². The van der Waals surface area contributed by atoms with Crippen molar-refractivity contribution in [3.8, 4) is 0 Å². The van der Waals surface area contributed by atoms with E-state index in [1.807, 2.05) is 32.4 Å². The van der Waals surface area contributed by atoms with Crippen LogP contribution in [0.5, 0.6) is 0 Å². The minimum atomic E-state index is -0.363. The number of nitrogens with one attached hydrogen (secondary N) is 2. The molecule has 1 aromatic heterocycles. The number of aryl methyl sites for hydroxylation is 2. The van der Waals surface area contributed by atoms with Crippen LogP contribution in [0.4, 0.5) is 4.79 Å². The van der Waals surface area contributed by atoms with Gasteiger partial charge in [-0.3, -0.25) is 4.68 Å². The van der Waals surface area contributed by atoms with Crippen molar-refractivity contribution in [1.82, 2.24) is 20.4 Å². The summed E-state index contributed by atoms with van der Waals surface area (Å²) in [5, 5.41) is 19.4. The summed E-state index contributed by atoms with van der Waals surface area (Å²) in [6, 6.07) is 1.87. The highest BCUT2D eigenvalue weighted by molar-refractivity contribution is 5.74. The lowest BCUT2D eigenvalue weighted by Gasteiger charge is -2.29. The maximum Gasteiger partial charge on any atom is 0.315 e. The molecule has 2 unspecified atom stereocenters. The van der Waals surface area contributed by atoms with Crippen LogP contribution in [-0.4, -0.2) is 39.6 Å². The summed E-state index contributed by atoms with van der Waals surface area (Å²) in [6.45, 7) is 11.5. The van der Waals surface area contributed by atoms with Crippen LogP contribution in [0, 0.1) is 19.8 Å². The SMILES string of the molecule is CCC(C)(CCO)NC(=O)NCC(C)Cn1nc(C)cc1C. The molecule has 0 radical (unpaired) electrons. The van der Waals surface area contributed by atoms with E-state index in [2.05, 4.69) is 28.7 Å². The Hall–Kier alpha value is -1.56. The van der Waals surface area contributed by atoms with E-state index >= 15 is 0 Å². The van der Waals surface area contributed by atoms with Gasteiger partial charge in [0.1, 0.15) is 0 Å². The molecule has 1 aromatic rings. The predicted octanol–water partition coefficient (Wildman–Crippen LogP) is 1.99. The summed E-state index contributed by atoms with van der Waals surface area (Å²) in [5.74, 6) is 0.287. The molecule has 0 bridgehead atoms. The lowest BCUT2D eigenvalue weighted by Crippen LogP contribution is -2.51. The minimum absolute atomic E-state index is 0.0684. The fourth-order valence-electron chi connectivity index (χ4n) is 2.38. The second-order valence-corrected chi connectivity index (χ2v) is 6.44. The molecule has 6 heteroatoms. The first kappa shape index (κ1) is 18.5. The van der Waals surface area contributed by atoms with Gasteiger partial charge >= 0.3 is 6.03 Å². The summed E-state index contributed by atoms with van der Waals surface area (Å²) < 4.78 is 1.97. The highest BCUT2D eigenvalue weighted by Crippen LogP contribution is 2.13. The summed E-state index contributed by atoms with van der Waals surface area (Å²) in [5.41, 5.74) is 1.78. The molecule has 0 spiro atoms. The van der Waals surface area contributed by atoms with E-state index in [1.165, 1.54) is 0 Å². The summed E-state index contributed by atoms with van der Waals surface area (Å²) in [4.78, 5) is 12.0. The highest BCUT2D eigenvalue weighted by atomic mass is 16.3. The van der Waals surface area contributed by atoms with E-state index in [9.17, 15) is 4.79 Å². The molecule has 0 aliphatic carbocycles. The molecule has 2 atom stereocenters. The molecule has 0 aliphatic heterocycles. The van der Waals surface area contributed by atoms with E-state index in [0.29, 0.717) is 13.0 Å². The van der Waals surface area contributed by atoms with Crippen molar-refractivity contribution in [1.29, 1.82) is 0 Å². The predicted molar refractivity (Wildman–Crippen MR) is 87.8 cm³/mol. The fraction of sp³-hybridized carbons (Fsp3) is 0.750. The molecule has 0 aliphatic rings. The van der Waals surface area contributed by atoms with Crippen LogP contribution in [-0.2, 0) is 6.54 Å². The van der Waals surface area contributed by atoms with Crippen LogP contribution >= 0.6 is 0 Å². The molecule has 3 N–H and O–H groups in total. The molecule has 0 fully saturated rings. The van der Waals surface area contributed by atoms with Gasteiger partial charge < -0.3 is 15.7 Å². The third kappa shape index (κ3) is 5.67. The first-order valence-corrected chi connectivity index (χ1v) is 7.97. The van der Waals surface area contributed by atoms with Gasteiger partial charge in [0.15, 0.2) is 0 Å². The minimum Gasteiger partial charge on any atom is -0.396 e. The Morgan fingerprint density at radius 2 is 2.18 bits per heavy atom. The third-order valence-electron chi connectivity index (χ3n) is 4.06. The van der Waals surface area contributed by atoms with Crippen LogP contribution in [0.2, 0.25) is 0 Å². The van der Waals surface area contributed by atoms with Gasteiger partial charge in [0.25, 0.3) is 0 Å². The van der Waals surface area contributed by atoms with Crippen molar-refractivity contribution in [3.05, 3.63) is 17.5 Å². The van der Waals surface area contributed by atoms with Crippen LogP contribution in [0.25, 0.3) is 0 Å². The lowest BCUT2D eigenvalue weighted by molar-refractivity contribution is 0.199. The number of hydrogen-bond donors (Lipinski definition) is 3. The van der Waals surface area contributed by atoms with Crippen molar-refractivity contribution >= 4 is 6.03 Å². The van der Waals surface area contributed by atoms with Gasteiger partial charge in [-0.15, -0.1) is 0 Å². The molecule has 0 saturated heterocycles. The quantitative estimate of drug-likeness (QED) is 0.687. The Kier molecular flexibility index (Phi) is 6.87. The zero-order valence-electron chi connectivity index (χ0n) is 14.4. The Balaban J connectivity index is 2.41. The zero-order chi connectivity index (χ0) is 16.8. The standard InChI is InChI=1S/C16H30N4O2/c1-6-16(5,7-8-21)18-15(22)17-10-12(2)11-20-14(4)9-13(3)19-20/h9,12,21H,6-8,10-11H2,1-5H3,(H2,17,18,22). The Bertz CT molecular complexity index is 486. The number of carbonyl (C=O) groups excluding carboxylic acids is 1. The lowest BCUT2D eigenvalue weighted by atomic mass is 9.95. The molecule has 2 amide bonds. The number of aliphatic hydroxyl groups excluding tert-OH is 1. The largest absolute Gasteiger partial charge is 0.396 e. The maximum absolute atomic E-state index is 12.0.